The molecule has 2 heterocycles. The highest BCUT2D eigenvalue weighted by molar-refractivity contribution is 5.89. The number of carbonyl (C=O) groups excluding carboxylic acids is 1. The maximum Gasteiger partial charge on any atom is 0.416 e. The number of carbonyl (C=O) groups is 1. The van der Waals surface area contributed by atoms with Crippen molar-refractivity contribution in [2.45, 2.75) is 12.7 Å². The molecule has 1 amide bonds. The summed E-state index contributed by atoms with van der Waals surface area (Å²) < 4.78 is 42.7. The summed E-state index contributed by atoms with van der Waals surface area (Å²) in [7, 11) is 0. The van der Waals surface area contributed by atoms with Gasteiger partial charge in [0.25, 0.3) is 0 Å². The smallest absolute Gasteiger partial charge is 0.341 e. The Morgan fingerprint density at radius 3 is 2.54 bits per heavy atom. The van der Waals surface area contributed by atoms with Crippen LogP contribution in [0.15, 0.2) is 53.1 Å². The molecule has 0 unspecified atom stereocenters. The molecule has 4 rings (SSSR count). The number of nitrogens with one attached hydrogen (secondary N) is 2. The molecule has 0 radical (unpaired) electrons. The van der Waals surface area contributed by atoms with E-state index in [0.29, 0.717) is 11.4 Å². The van der Waals surface area contributed by atoms with Crippen molar-refractivity contribution < 1.29 is 22.5 Å². The number of rotatable bonds is 4. The molecule has 0 atom stereocenters. The van der Waals surface area contributed by atoms with E-state index in [1.807, 2.05) is 24.3 Å². The molecule has 0 saturated carbocycles. The van der Waals surface area contributed by atoms with Gasteiger partial charge >= 0.3 is 18.0 Å². The molecule has 0 spiro atoms. The van der Waals surface area contributed by atoms with Crippen LogP contribution in [0.1, 0.15) is 22.1 Å². The van der Waals surface area contributed by atoms with Crippen molar-refractivity contribution in [3.8, 4) is 11.4 Å². The molecular formula is C18H12F3N5O2. The van der Waals surface area contributed by atoms with Crippen molar-refractivity contribution in [2.24, 2.45) is 0 Å². The monoisotopic (exact) mass is 387 g/mol. The number of alkyl halides is 3. The predicted molar refractivity (Wildman–Crippen MR) is 92.0 cm³/mol. The van der Waals surface area contributed by atoms with Crippen molar-refractivity contribution in [1.82, 2.24) is 25.4 Å². The molecular weight excluding hydrogens is 375 g/mol. The van der Waals surface area contributed by atoms with Crippen molar-refractivity contribution in [3.63, 3.8) is 0 Å². The molecule has 2 aromatic heterocycles. The van der Waals surface area contributed by atoms with E-state index in [0.717, 1.165) is 23.2 Å². The molecule has 10 heteroatoms. The quantitative estimate of drug-likeness (QED) is 0.558. The zero-order valence-corrected chi connectivity index (χ0v) is 14.1. The number of benzene rings is 2. The lowest BCUT2D eigenvalue weighted by atomic mass is 10.1. The van der Waals surface area contributed by atoms with Crippen LogP contribution >= 0.6 is 0 Å². The van der Waals surface area contributed by atoms with Crippen LogP contribution in [0.25, 0.3) is 22.4 Å². The Morgan fingerprint density at radius 1 is 1.07 bits per heavy atom. The van der Waals surface area contributed by atoms with E-state index in [4.69, 9.17) is 4.52 Å². The van der Waals surface area contributed by atoms with Crippen molar-refractivity contribution in [1.29, 1.82) is 0 Å². The van der Waals surface area contributed by atoms with Crippen molar-refractivity contribution >= 4 is 16.9 Å². The van der Waals surface area contributed by atoms with Gasteiger partial charge in [-0.1, -0.05) is 29.4 Å². The summed E-state index contributed by atoms with van der Waals surface area (Å²) in [6.07, 6.45) is -4.43. The fraction of sp³-hybridized carbons (Fsp3) is 0.111. The summed E-state index contributed by atoms with van der Waals surface area (Å²) in [5.41, 5.74) is 1.12. The van der Waals surface area contributed by atoms with Gasteiger partial charge in [0.15, 0.2) is 0 Å². The molecule has 142 valence electrons. The molecule has 0 fully saturated rings. The lowest BCUT2D eigenvalue weighted by molar-refractivity contribution is -0.137. The van der Waals surface area contributed by atoms with E-state index in [-0.39, 0.29) is 18.3 Å². The largest absolute Gasteiger partial charge is 0.416 e. The van der Waals surface area contributed by atoms with Gasteiger partial charge in [-0.25, -0.2) is 4.98 Å². The summed E-state index contributed by atoms with van der Waals surface area (Å²) >= 11 is 0. The Hall–Kier alpha value is -3.69. The number of aromatic nitrogens is 4. The van der Waals surface area contributed by atoms with E-state index in [9.17, 15) is 18.0 Å². The van der Waals surface area contributed by atoms with Gasteiger partial charge in [-0.05, 0) is 24.3 Å². The first-order valence-corrected chi connectivity index (χ1v) is 8.13. The minimum Gasteiger partial charge on any atom is -0.341 e. The Labute approximate surface area is 155 Å². The van der Waals surface area contributed by atoms with E-state index >= 15 is 0 Å². The lowest BCUT2D eigenvalue weighted by Gasteiger charge is -2.05. The number of aromatic amines is 1. The van der Waals surface area contributed by atoms with E-state index < -0.39 is 17.6 Å². The zero-order valence-electron chi connectivity index (χ0n) is 14.1. The lowest BCUT2D eigenvalue weighted by Crippen LogP contribution is -2.23. The van der Waals surface area contributed by atoms with Crippen LogP contribution in [0.4, 0.5) is 13.2 Å². The second-order valence-electron chi connectivity index (χ2n) is 5.88. The van der Waals surface area contributed by atoms with Gasteiger partial charge < -0.3 is 14.8 Å². The number of H-pyrrole nitrogens is 1. The van der Waals surface area contributed by atoms with Crippen LogP contribution in [0.5, 0.6) is 0 Å². The average Bonchev–Trinajstić information content (AvgIpc) is 3.32. The van der Waals surface area contributed by atoms with Gasteiger partial charge in [-0.2, -0.15) is 18.2 Å². The number of hydrogen-bond donors (Lipinski definition) is 2. The number of fused-ring (bicyclic) bond motifs is 1. The Bertz CT molecular complexity index is 1100. The first-order chi connectivity index (χ1) is 13.4. The number of imidazole rings is 1. The second-order valence-corrected chi connectivity index (χ2v) is 5.88. The van der Waals surface area contributed by atoms with Gasteiger partial charge in [0.2, 0.25) is 5.82 Å². The fourth-order valence-electron chi connectivity index (χ4n) is 2.57. The highest BCUT2D eigenvalue weighted by Gasteiger charge is 2.30. The number of nitrogens with zero attached hydrogens (tertiary/aromatic N) is 3. The summed E-state index contributed by atoms with van der Waals surface area (Å²) in [6, 6.07) is 11.7. The molecule has 0 aliphatic carbocycles. The van der Waals surface area contributed by atoms with Crippen LogP contribution in [0, 0.1) is 0 Å². The third kappa shape index (κ3) is 3.56. The Kier molecular flexibility index (Phi) is 4.30. The third-order valence-electron chi connectivity index (χ3n) is 3.95. The molecule has 28 heavy (non-hydrogen) atoms. The van der Waals surface area contributed by atoms with Crippen LogP contribution in [0.3, 0.4) is 0 Å². The predicted octanol–water partition coefficient (Wildman–Crippen LogP) is 3.56. The van der Waals surface area contributed by atoms with E-state index in [1.165, 1.54) is 12.1 Å². The fourth-order valence-corrected chi connectivity index (χ4v) is 2.57. The highest BCUT2D eigenvalue weighted by Crippen LogP contribution is 2.30. The Morgan fingerprint density at radius 2 is 1.82 bits per heavy atom. The summed E-state index contributed by atoms with van der Waals surface area (Å²) in [5.74, 6) is -0.350. The summed E-state index contributed by atoms with van der Waals surface area (Å²) in [4.78, 5) is 23.5. The van der Waals surface area contributed by atoms with Crippen LogP contribution in [-0.2, 0) is 12.7 Å². The molecule has 0 aliphatic rings. The summed E-state index contributed by atoms with van der Waals surface area (Å²) in [5, 5.41) is 6.23. The number of hydrogen-bond acceptors (Lipinski definition) is 5. The first-order valence-electron chi connectivity index (χ1n) is 8.13. The number of para-hydroxylation sites is 2. The van der Waals surface area contributed by atoms with Crippen LogP contribution in [0.2, 0.25) is 0 Å². The normalized spacial score (nSPS) is 11.7. The maximum absolute atomic E-state index is 12.6. The maximum atomic E-state index is 12.6. The summed E-state index contributed by atoms with van der Waals surface area (Å²) in [6.45, 7) is 0.117. The van der Waals surface area contributed by atoms with Gasteiger partial charge in [-0.15, -0.1) is 0 Å². The second kappa shape index (κ2) is 6.80. The van der Waals surface area contributed by atoms with Crippen molar-refractivity contribution in [2.75, 3.05) is 0 Å². The van der Waals surface area contributed by atoms with E-state index in [1.54, 1.807) is 0 Å². The molecule has 0 bridgehead atoms. The van der Waals surface area contributed by atoms with Crippen molar-refractivity contribution in [3.05, 3.63) is 65.8 Å². The topological polar surface area (TPSA) is 96.7 Å². The van der Waals surface area contributed by atoms with Gasteiger partial charge in [-0.3, -0.25) is 4.79 Å². The number of amides is 1. The minimum atomic E-state index is -4.43. The van der Waals surface area contributed by atoms with Gasteiger partial charge in [0.1, 0.15) is 5.82 Å². The van der Waals surface area contributed by atoms with Gasteiger partial charge in [0.05, 0.1) is 23.1 Å². The minimum absolute atomic E-state index is 0.0163. The van der Waals surface area contributed by atoms with Gasteiger partial charge in [0, 0.05) is 5.56 Å². The zero-order chi connectivity index (χ0) is 19.7. The first kappa shape index (κ1) is 17.7. The van der Waals surface area contributed by atoms with Crippen LogP contribution < -0.4 is 5.32 Å². The third-order valence-corrected chi connectivity index (χ3v) is 3.95. The van der Waals surface area contributed by atoms with E-state index in [2.05, 4.69) is 25.4 Å². The molecule has 0 saturated heterocycles. The highest BCUT2D eigenvalue weighted by atomic mass is 19.4. The van der Waals surface area contributed by atoms with Crippen LogP contribution in [-0.4, -0.2) is 26.0 Å². The Balaban J connectivity index is 1.44. The standard InChI is InChI=1S/C18H12F3N5O2/c19-18(20,21)11-7-5-10(6-8-11)15-25-17(28-26-15)16(27)22-9-14-23-12-3-1-2-4-13(12)24-14/h1-8H,9H2,(H,22,27)(H,23,24). The SMILES string of the molecule is O=C(NCc1nc2ccccc2[nH]1)c1nc(-c2ccc(C(F)(F)F)cc2)no1. The molecule has 2 N–H and O–H groups in total. The molecule has 7 nitrogen and oxygen atoms in total. The molecule has 4 aromatic rings. The molecule has 0 aliphatic heterocycles. The molecule has 2 aromatic carbocycles. The number of halogens is 3. The average molecular weight is 387 g/mol.